The smallest absolute Gasteiger partial charge is 0.303 e. The Bertz CT molecular complexity index is 551. The molecule has 0 bridgehead atoms. The molecule has 5 atom stereocenters. The molecule has 1 saturated heterocycles. The van der Waals surface area contributed by atoms with Crippen LogP contribution in [0.25, 0.3) is 0 Å². The summed E-state index contributed by atoms with van der Waals surface area (Å²) in [4.78, 5) is 10.4. The average molecular weight is 395 g/mol. The van der Waals surface area contributed by atoms with E-state index in [1.807, 2.05) is 43.4 Å². The highest BCUT2D eigenvalue weighted by atomic mass is 16.5. The summed E-state index contributed by atoms with van der Waals surface area (Å²) in [7, 11) is 0. The highest BCUT2D eigenvalue weighted by Gasteiger charge is 2.35. The molecule has 1 heterocycles. The van der Waals surface area contributed by atoms with E-state index in [2.05, 4.69) is 0 Å². The molecule has 6 nitrogen and oxygen atoms in total. The highest BCUT2D eigenvalue weighted by Crippen LogP contribution is 2.25. The second kappa shape index (κ2) is 14.3. The minimum absolute atomic E-state index is 0.131. The van der Waals surface area contributed by atoms with Gasteiger partial charge in [0.1, 0.15) is 6.10 Å². The van der Waals surface area contributed by atoms with Crippen LogP contribution in [-0.2, 0) is 9.53 Å². The summed E-state index contributed by atoms with van der Waals surface area (Å²) in [6, 6.07) is 0. The number of carboxylic acids is 1. The van der Waals surface area contributed by atoms with E-state index in [0.29, 0.717) is 32.1 Å². The molecule has 0 spiro atoms. The predicted octanol–water partition coefficient (Wildman–Crippen LogP) is 2.90. The molecule has 1 aliphatic heterocycles. The number of carboxylic acid groups (broad SMARTS) is 1. The summed E-state index contributed by atoms with van der Waals surface area (Å²) in [5.41, 5.74) is 0. The molecule has 0 amide bonds. The predicted molar refractivity (Wildman–Crippen MR) is 109 cm³/mol. The maximum absolute atomic E-state index is 10.4. The average Bonchev–Trinajstić information content (AvgIpc) is 3.03. The van der Waals surface area contributed by atoms with Gasteiger partial charge in [0, 0.05) is 12.8 Å². The number of allylic oxidation sites excluding steroid dienone is 4. The molecule has 1 fully saturated rings. The molecule has 6 heteroatoms. The number of carbonyl (C=O) groups is 1. The Hall–Kier alpha value is -1.73. The lowest BCUT2D eigenvalue weighted by Gasteiger charge is -2.16. The standard InChI is InChI=1S/C22H34O6/c1-2-3-8-12-18(24)21-16-19(25)20(28-21)15-14-17(23)11-9-6-4-5-7-10-13-22(26)27/h3,5-9,14-15,17-21,23-25H,2,4,10-13,16H2,1H3,(H,26,27)/b7-5-,8-3-,9-6-,15-14+/t17-,18-,19-,20-,21+/m1/s1. The third-order valence-corrected chi connectivity index (χ3v) is 4.42. The lowest BCUT2D eigenvalue weighted by atomic mass is 10.0. The van der Waals surface area contributed by atoms with E-state index >= 15 is 0 Å². The van der Waals surface area contributed by atoms with Crippen LogP contribution in [-0.4, -0.2) is 56.9 Å². The van der Waals surface area contributed by atoms with Gasteiger partial charge in [-0.2, -0.15) is 0 Å². The molecule has 158 valence electrons. The monoisotopic (exact) mass is 394 g/mol. The normalized spacial score (nSPS) is 25.5. The van der Waals surface area contributed by atoms with Crippen molar-refractivity contribution in [3.8, 4) is 0 Å². The van der Waals surface area contributed by atoms with E-state index in [1.165, 1.54) is 0 Å². The maximum Gasteiger partial charge on any atom is 0.303 e. The summed E-state index contributed by atoms with van der Waals surface area (Å²) in [6.07, 6.45) is 15.3. The minimum atomic E-state index is -0.805. The lowest BCUT2D eigenvalue weighted by molar-refractivity contribution is -0.136. The Morgan fingerprint density at radius 2 is 1.82 bits per heavy atom. The maximum atomic E-state index is 10.4. The van der Waals surface area contributed by atoms with Gasteiger partial charge in [-0.25, -0.2) is 0 Å². The molecule has 4 N–H and O–H groups in total. The first-order valence-corrected chi connectivity index (χ1v) is 9.98. The first-order chi connectivity index (χ1) is 13.4. The number of ether oxygens (including phenoxy) is 1. The van der Waals surface area contributed by atoms with Gasteiger partial charge in [-0.3, -0.25) is 4.79 Å². The van der Waals surface area contributed by atoms with Crippen molar-refractivity contribution in [1.29, 1.82) is 0 Å². The molecule has 0 radical (unpaired) electrons. The number of rotatable bonds is 13. The Morgan fingerprint density at radius 1 is 1.11 bits per heavy atom. The third kappa shape index (κ3) is 10.6. The van der Waals surface area contributed by atoms with Crippen LogP contribution in [0.2, 0.25) is 0 Å². The second-order valence-corrected chi connectivity index (χ2v) is 6.92. The molecule has 1 rings (SSSR count). The quantitative estimate of drug-likeness (QED) is 0.358. The van der Waals surface area contributed by atoms with Crippen molar-refractivity contribution < 1.29 is 30.0 Å². The molecule has 0 aromatic heterocycles. The molecule has 0 unspecified atom stereocenters. The van der Waals surface area contributed by atoms with Crippen LogP contribution in [0.5, 0.6) is 0 Å². The third-order valence-electron chi connectivity index (χ3n) is 4.42. The molecule has 0 aliphatic carbocycles. The summed E-state index contributed by atoms with van der Waals surface area (Å²) >= 11 is 0. The summed E-state index contributed by atoms with van der Waals surface area (Å²) in [5, 5.41) is 38.8. The zero-order valence-electron chi connectivity index (χ0n) is 16.6. The summed E-state index contributed by atoms with van der Waals surface area (Å²) in [6.45, 7) is 2.03. The number of aliphatic carboxylic acids is 1. The first-order valence-electron chi connectivity index (χ1n) is 9.98. The van der Waals surface area contributed by atoms with E-state index in [0.717, 1.165) is 6.42 Å². The fraction of sp³-hybridized carbons (Fsp3) is 0.591. The van der Waals surface area contributed by atoms with E-state index in [-0.39, 0.29) is 6.42 Å². The van der Waals surface area contributed by atoms with E-state index in [1.54, 1.807) is 12.2 Å². The van der Waals surface area contributed by atoms with Crippen LogP contribution in [0.3, 0.4) is 0 Å². The van der Waals surface area contributed by atoms with Crippen molar-refractivity contribution in [2.75, 3.05) is 0 Å². The molecule has 28 heavy (non-hydrogen) atoms. The van der Waals surface area contributed by atoms with Crippen molar-refractivity contribution in [3.05, 3.63) is 48.6 Å². The van der Waals surface area contributed by atoms with Gasteiger partial charge in [0.25, 0.3) is 0 Å². The SMILES string of the molecule is CC/C=C\C[C@@H](O)[C@@H]1C[C@@H](O)[C@@H](/C=C/[C@H](O)C/C=C\C/C=C\CCC(=O)O)O1. The van der Waals surface area contributed by atoms with Crippen molar-refractivity contribution in [1.82, 2.24) is 0 Å². The Kier molecular flexibility index (Phi) is 12.4. The summed E-state index contributed by atoms with van der Waals surface area (Å²) < 4.78 is 5.71. The van der Waals surface area contributed by atoms with E-state index < -0.39 is 36.5 Å². The summed E-state index contributed by atoms with van der Waals surface area (Å²) in [5.74, 6) is -0.805. The zero-order valence-corrected chi connectivity index (χ0v) is 16.6. The van der Waals surface area contributed by atoms with Gasteiger partial charge in [0.05, 0.1) is 24.4 Å². The van der Waals surface area contributed by atoms with Gasteiger partial charge in [-0.1, -0.05) is 55.5 Å². The lowest BCUT2D eigenvalue weighted by Crippen LogP contribution is -2.25. The molecule has 1 aliphatic rings. The fourth-order valence-electron chi connectivity index (χ4n) is 2.84. The van der Waals surface area contributed by atoms with Crippen molar-refractivity contribution in [2.45, 2.75) is 82.4 Å². The van der Waals surface area contributed by atoms with Crippen molar-refractivity contribution in [3.63, 3.8) is 0 Å². The molecular weight excluding hydrogens is 360 g/mol. The van der Waals surface area contributed by atoms with Crippen LogP contribution in [0.15, 0.2) is 48.6 Å². The number of aliphatic hydroxyl groups excluding tert-OH is 3. The largest absolute Gasteiger partial charge is 0.481 e. The van der Waals surface area contributed by atoms with Gasteiger partial charge in [-0.05, 0) is 32.1 Å². The van der Waals surface area contributed by atoms with Gasteiger partial charge in [0.2, 0.25) is 0 Å². The van der Waals surface area contributed by atoms with Crippen LogP contribution in [0.4, 0.5) is 0 Å². The Morgan fingerprint density at radius 3 is 2.54 bits per heavy atom. The number of hydrogen-bond donors (Lipinski definition) is 4. The molecule has 0 saturated carbocycles. The molecule has 0 aromatic rings. The van der Waals surface area contributed by atoms with Gasteiger partial charge in [-0.15, -0.1) is 0 Å². The van der Waals surface area contributed by atoms with Crippen LogP contribution in [0, 0.1) is 0 Å². The highest BCUT2D eigenvalue weighted by molar-refractivity contribution is 5.66. The van der Waals surface area contributed by atoms with E-state index in [4.69, 9.17) is 9.84 Å². The van der Waals surface area contributed by atoms with Crippen LogP contribution < -0.4 is 0 Å². The molecular formula is C22H34O6. The van der Waals surface area contributed by atoms with Crippen LogP contribution >= 0.6 is 0 Å². The van der Waals surface area contributed by atoms with Gasteiger partial charge >= 0.3 is 5.97 Å². The fourth-order valence-corrected chi connectivity index (χ4v) is 2.84. The number of hydrogen-bond acceptors (Lipinski definition) is 5. The first kappa shape index (κ1) is 24.3. The minimum Gasteiger partial charge on any atom is -0.481 e. The van der Waals surface area contributed by atoms with Crippen LogP contribution in [0.1, 0.15) is 51.9 Å². The topological polar surface area (TPSA) is 107 Å². The Balaban J connectivity index is 2.29. The molecule has 0 aromatic carbocycles. The van der Waals surface area contributed by atoms with Gasteiger partial charge < -0.3 is 25.2 Å². The Labute approximate surface area is 167 Å². The van der Waals surface area contributed by atoms with Gasteiger partial charge in [0.15, 0.2) is 0 Å². The number of aliphatic hydroxyl groups is 3. The van der Waals surface area contributed by atoms with Crippen molar-refractivity contribution >= 4 is 5.97 Å². The van der Waals surface area contributed by atoms with E-state index in [9.17, 15) is 20.1 Å². The zero-order chi connectivity index (χ0) is 20.8. The van der Waals surface area contributed by atoms with Crippen molar-refractivity contribution in [2.24, 2.45) is 0 Å². The second-order valence-electron chi connectivity index (χ2n) is 6.92.